The number of amides is 3. The van der Waals surface area contributed by atoms with Crippen LogP contribution in [0.25, 0.3) is 0 Å². The molecule has 1 aliphatic heterocycles. The van der Waals surface area contributed by atoms with Gasteiger partial charge < -0.3 is 14.8 Å². The van der Waals surface area contributed by atoms with E-state index in [0.717, 1.165) is 10.5 Å². The van der Waals surface area contributed by atoms with Crippen LogP contribution in [-0.4, -0.2) is 41.2 Å². The second-order valence-electron chi connectivity index (χ2n) is 6.52. The number of benzene rings is 1. The Morgan fingerprint density at radius 1 is 1.25 bits per heavy atom. The lowest BCUT2D eigenvalue weighted by atomic mass is 10.2. The quantitative estimate of drug-likeness (QED) is 0.918. The third-order valence-electron chi connectivity index (χ3n) is 3.32. The number of carbonyl (C=O) groups is 3. The maximum Gasteiger partial charge on any atom is 0.416 e. The molecule has 0 saturated carbocycles. The molecule has 0 bridgehead atoms. The van der Waals surface area contributed by atoms with E-state index in [9.17, 15) is 14.4 Å². The topological polar surface area (TPSA) is 84.9 Å². The lowest BCUT2D eigenvalue weighted by Crippen LogP contribution is -2.45. The number of rotatable bonds is 3. The second kappa shape index (κ2) is 7.33. The van der Waals surface area contributed by atoms with E-state index >= 15 is 0 Å². The number of hydrogen-bond acceptors (Lipinski definition) is 5. The molecule has 24 heavy (non-hydrogen) atoms. The molecule has 0 radical (unpaired) electrons. The van der Waals surface area contributed by atoms with Gasteiger partial charge in [-0.15, -0.1) is 0 Å². The summed E-state index contributed by atoms with van der Waals surface area (Å²) in [6.45, 7) is 5.49. The highest BCUT2D eigenvalue weighted by Crippen LogP contribution is 2.15. The van der Waals surface area contributed by atoms with Gasteiger partial charge in [0.2, 0.25) is 0 Å². The van der Waals surface area contributed by atoms with E-state index in [2.05, 4.69) is 5.32 Å². The Morgan fingerprint density at radius 2 is 1.92 bits per heavy atom. The van der Waals surface area contributed by atoms with E-state index in [1.54, 1.807) is 20.8 Å². The number of alkyl carbamates (subject to hydrolysis) is 1. The van der Waals surface area contributed by atoms with Crippen LogP contribution in [0.1, 0.15) is 32.8 Å². The van der Waals surface area contributed by atoms with Crippen LogP contribution in [0.4, 0.5) is 9.59 Å². The zero-order valence-electron chi connectivity index (χ0n) is 14.1. The fourth-order valence-corrected chi connectivity index (χ4v) is 2.24. The largest absolute Gasteiger partial charge is 0.444 e. The van der Waals surface area contributed by atoms with E-state index in [1.165, 1.54) is 0 Å². The van der Waals surface area contributed by atoms with Gasteiger partial charge in [0.25, 0.3) is 5.91 Å². The standard InChI is InChI=1S/C17H22N2O5/c1-17(2,3)24-15(21)18-13-9-10-19(14(13)20)16(22)23-11-12-7-5-4-6-8-12/h4-8,13H,9-11H2,1-3H3,(H,18,21)/t13-/m1/s1. The van der Waals surface area contributed by atoms with Crippen molar-refractivity contribution in [2.45, 2.75) is 45.4 Å². The van der Waals surface area contributed by atoms with Gasteiger partial charge in [-0.25, -0.2) is 14.5 Å². The van der Waals surface area contributed by atoms with Gasteiger partial charge in [-0.3, -0.25) is 4.79 Å². The zero-order chi connectivity index (χ0) is 17.7. The molecular formula is C17H22N2O5. The number of carbonyl (C=O) groups excluding carboxylic acids is 3. The van der Waals surface area contributed by atoms with Gasteiger partial charge >= 0.3 is 12.2 Å². The number of hydrogen-bond donors (Lipinski definition) is 1. The molecule has 130 valence electrons. The van der Waals surface area contributed by atoms with Crippen molar-refractivity contribution in [3.63, 3.8) is 0 Å². The molecule has 3 amide bonds. The fraction of sp³-hybridized carbons (Fsp3) is 0.471. The number of ether oxygens (including phenoxy) is 2. The highest BCUT2D eigenvalue weighted by Gasteiger charge is 2.38. The molecule has 0 aliphatic carbocycles. The molecule has 1 N–H and O–H groups in total. The van der Waals surface area contributed by atoms with E-state index in [-0.39, 0.29) is 13.2 Å². The summed E-state index contributed by atoms with van der Waals surface area (Å²) in [5, 5.41) is 2.48. The van der Waals surface area contributed by atoms with Crippen LogP contribution in [0.3, 0.4) is 0 Å². The third-order valence-corrected chi connectivity index (χ3v) is 3.32. The molecular weight excluding hydrogens is 312 g/mol. The van der Waals surface area contributed by atoms with Crippen LogP contribution in [0, 0.1) is 0 Å². The first-order valence-electron chi connectivity index (χ1n) is 7.78. The minimum atomic E-state index is -0.774. The van der Waals surface area contributed by atoms with Gasteiger partial charge in [-0.2, -0.15) is 0 Å². The minimum absolute atomic E-state index is 0.0909. The van der Waals surface area contributed by atoms with Crippen molar-refractivity contribution in [1.29, 1.82) is 0 Å². The predicted molar refractivity (Wildman–Crippen MR) is 86.1 cm³/mol. The molecule has 0 aromatic heterocycles. The molecule has 1 aromatic carbocycles. The van der Waals surface area contributed by atoms with E-state index in [1.807, 2.05) is 30.3 Å². The maximum atomic E-state index is 12.2. The van der Waals surface area contributed by atoms with Gasteiger partial charge in [0.15, 0.2) is 0 Å². The highest BCUT2D eigenvalue weighted by molar-refractivity contribution is 5.98. The fourth-order valence-electron chi connectivity index (χ4n) is 2.24. The summed E-state index contributed by atoms with van der Waals surface area (Å²) in [7, 11) is 0. The molecule has 7 nitrogen and oxygen atoms in total. The summed E-state index contributed by atoms with van der Waals surface area (Å²) in [4.78, 5) is 37.0. The van der Waals surface area contributed by atoms with Crippen LogP contribution in [-0.2, 0) is 20.9 Å². The van der Waals surface area contributed by atoms with Crippen molar-refractivity contribution in [2.75, 3.05) is 6.54 Å². The first-order chi connectivity index (χ1) is 11.3. The monoisotopic (exact) mass is 334 g/mol. The summed E-state index contributed by atoms with van der Waals surface area (Å²) < 4.78 is 10.3. The lowest BCUT2D eigenvalue weighted by molar-refractivity contribution is -0.128. The van der Waals surface area contributed by atoms with Crippen LogP contribution >= 0.6 is 0 Å². The van der Waals surface area contributed by atoms with E-state index in [0.29, 0.717) is 6.42 Å². The molecule has 1 saturated heterocycles. The normalized spacial score (nSPS) is 17.5. The number of nitrogens with zero attached hydrogens (tertiary/aromatic N) is 1. The van der Waals surface area contributed by atoms with Crippen molar-refractivity contribution in [1.82, 2.24) is 10.2 Å². The average Bonchev–Trinajstić information content (AvgIpc) is 2.85. The molecule has 1 aliphatic rings. The van der Waals surface area contributed by atoms with Crippen LogP contribution in [0.15, 0.2) is 30.3 Å². The molecule has 1 heterocycles. The predicted octanol–water partition coefficient (Wildman–Crippen LogP) is 2.45. The Bertz CT molecular complexity index is 609. The molecule has 1 atom stereocenters. The summed E-state index contributed by atoms with van der Waals surface area (Å²) in [5.74, 6) is -0.487. The van der Waals surface area contributed by atoms with Crippen molar-refractivity contribution in [3.05, 3.63) is 35.9 Å². The first kappa shape index (κ1) is 17.8. The van der Waals surface area contributed by atoms with Crippen molar-refractivity contribution in [3.8, 4) is 0 Å². The van der Waals surface area contributed by atoms with E-state index < -0.39 is 29.7 Å². The third kappa shape index (κ3) is 4.97. The molecule has 0 unspecified atom stereocenters. The Balaban J connectivity index is 1.84. The maximum absolute atomic E-state index is 12.2. The van der Waals surface area contributed by atoms with Crippen LogP contribution in [0.5, 0.6) is 0 Å². The summed E-state index contributed by atoms with van der Waals surface area (Å²) in [5.41, 5.74) is 0.181. The molecule has 1 aromatic rings. The Labute approximate surface area is 140 Å². The lowest BCUT2D eigenvalue weighted by Gasteiger charge is -2.21. The van der Waals surface area contributed by atoms with E-state index in [4.69, 9.17) is 9.47 Å². The second-order valence-corrected chi connectivity index (χ2v) is 6.52. The Hall–Kier alpha value is -2.57. The van der Waals surface area contributed by atoms with Crippen molar-refractivity contribution >= 4 is 18.1 Å². The molecule has 2 rings (SSSR count). The summed E-state index contributed by atoms with van der Waals surface area (Å²) >= 11 is 0. The molecule has 1 fully saturated rings. The SMILES string of the molecule is CC(C)(C)OC(=O)N[C@@H]1CCN(C(=O)OCc2ccccc2)C1=O. The molecule has 0 spiro atoms. The first-order valence-corrected chi connectivity index (χ1v) is 7.78. The summed E-state index contributed by atoms with van der Waals surface area (Å²) in [6.07, 6.45) is -1.06. The smallest absolute Gasteiger partial charge is 0.416 e. The number of nitrogens with one attached hydrogen (secondary N) is 1. The van der Waals surface area contributed by atoms with Gasteiger partial charge in [-0.05, 0) is 32.8 Å². The Morgan fingerprint density at radius 3 is 2.54 bits per heavy atom. The van der Waals surface area contributed by atoms with Gasteiger partial charge in [0, 0.05) is 6.54 Å². The Kier molecular flexibility index (Phi) is 5.43. The van der Waals surface area contributed by atoms with Crippen LogP contribution < -0.4 is 5.32 Å². The van der Waals surface area contributed by atoms with Crippen LogP contribution in [0.2, 0.25) is 0 Å². The zero-order valence-corrected chi connectivity index (χ0v) is 14.1. The highest BCUT2D eigenvalue weighted by atomic mass is 16.6. The number of imide groups is 1. The minimum Gasteiger partial charge on any atom is -0.444 e. The van der Waals surface area contributed by atoms with Crippen molar-refractivity contribution < 1.29 is 23.9 Å². The molecule has 7 heteroatoms. The average molecular weight is 334 g/mol. The summed E-state index contributed by atoms with van der Waals surface area (Å²) in [6, 6.07) is 8.42. The van der Waals surface area contributed by atoms with Crippen molar-refractivity contribution in [2.24, 2.45) is 0 Å². The van der Waals surface area contributed by atoms with Gasteiger partial charge in [0.1, 0.15) is 18.2 Å². The van der Waals surface area contributed by atoms with Gasteiger partial charge in [0.05, 0.1) is 0 Å². The number of likely N-dealkylation sites (tertiary alicyclic amines) is 1. The van der Waals surface area contributed by atoms with Gasteiger partial charge in [-0.1, -0.05) is 30.3 Å².